The highest BCUT2D eigenvalue weighted by Gasteiger charge is 2.16. The molecule has 0 radical (unpaired) electrons. The van der Waals surface area contributed by atoms with Crippen LogP contribution in [0.5, 0.6) is 5.75 Å². The summed E-state index contributed by atoms with van der Waals surface area (Å²) in [5.41, 5.74) is 5.74. The van der Waals surface area contributed by atoms with Gasteiger partial charge in [-0.15, -0.1) is 11.3 Å². The Balaban J connectivity index is 1.62. The van der Waals surface area contributed by atoms with Crippen LogP contribution in [0.1, 0.15) is 29.9 Å². The molecule has 0 saturated carbocycles. The highest BCUT2D eigenvalue weighted by Crippen LogP contribution is 2.34. The number of carbonyl (C=O) groups is 2. The zero-order valence-electron chi connectivity index (χ0n) is 15.7. The van der Waals surface area contributed by atoms with Crippen LogP contribution in [-0.2, 0) is 4.79 Å². The van der Waals surface area contributed by atoms with Gasteiger partial charge in [0.25, 0.3) is 5.91 Å². The average Bonchev–Trinajstić information content (AvgIpc) is 3.23. The number of amides is 2. The number of primary amides is 1. The number of benzene rings is 1. The molecule has 0 unspecified atom stereocenters. The predicted octanol–water partition coefficient (Wildman–Crippen LogP) is 3.71. The fraction of sp³-hybridized carbons (Fsp3) is 0.316. The number of carbonyl (C=O) groups excluding carboxylic acids is 2. The van der Waals surface area contributed by atoms with Crippen molar-refractivity contribution in [1.82, 2.24) is 4.98 Å². The predicted molar refractivity (Wildman–Crippen MR) is 115 cm³/mol. The van der Waals surface area contributed by atoms with Crippen molar-refractivity contribution in [2.24, 2.45) is 5.73 Å². The summed E-state index contributed by atoms with van der Waals surface area (Å²) < 4.78 is 6.44. The molecule has 0 aliphatic carbocycles. The van der Waals surface area contributed by atoms with E-state index in [1.165, 1.54) is 11.3 Å². The molecule has 3 rings (SSSR count). The second-order valence-corrected chi connectivity index (χ2v) is 8.03. The number of rotatable bonds is 9. The van der Waals surface area contributed by atoms with Crippen molar-refractivity contribution < 1.29 is 14.3 Å². The average molecular weight is 419 g/mol. The number of nitrogens with zero attached hydrogens (tertiary/aromatic N) is 2. The van der Waals surface area contributed by atoms with Gasteiger partial charge in [-0.05, 0) is 44.2 Å². The number of fused-ring (bicyclic) bond motifs is 1. The van der Waals surface area contributed by atoms with Crippen molar-refractivity contribution in [3.63, 3.8) is 0 Å². The lowest BCUT2D eigenvalue weighted by molar-refractivity contribution is -0.118. The first-order chi connectivity index (χ1) is 13.5. The highest BCUT2D eigenvalue weighted by molar-refractivity contribution is 7.29. The Bertz CT molecular complexity index is 930. The van der Waals surface area contributed by atoms with Crippen molar-refractivity contribution in [3.8, 4) is 5.75 Å². The van der Waals surface area contributed by atoms with Crippen LogP contribution >= 0.6 is 22.7 Å². The molecule has 148 valence electrons. The second kappa shape index (κ2) is 9.03. The number of hydrogen-bond donors (Lipinski definition) is 2. The molecule has 0 atom stereocenters. The highest BCUT2D eigenvalue weighted by atomic mass is 32.1. The number of nitrogens with two attached hydrogens (primary N) is 1. The fourth-order valence-electron chi connectivity index (χ4n) is 2.56. The quantitative estimate of drug-likeness (QED) is 0.552. The van der Waals surface area contributed by atoms with Gasteiger partial charge >= 0.3 is 0 Å². The summed E-state index contributed by atoms with van der Waals surface area (Å²) in [7, 11) is 0. The molecule has 2 amide bonds. The Labute approximate surface area is 171 Å². The first kappa shape index (κ1) is 20.1. The smallest absolute Gasteiger partial charge is 0.265 e. The zero-order valence-corrected chi connectivity index (χ0v) is 17.4. The lowest BCUT2D eigenvalue weighted by atomic mass is 10.3. The molecule has 7 nitrogen and oxygen atoms in total. The van der Waals surface area contributed by atoms with Crippen molar-refractivity contribution >= 4 is 54.8 Å². The van der Waals surface area contributed by atoms with E-state index in [0.29, 0.717) is 16.3 Å². The second-order valence-electron chi connectivity index (χ2n) is 5.99. The van der Waals surface area contributed by atoms with Gasteiger partial charge in [0.15, 0.2) is 5.13 Å². The fourth-order valence-corrected chi connectivity index (χ4v) is 4.80. The molecule has 1 aromatic carbocycles. The topological polar surface area (TPSA) is 97.6 Å². The summed E-state index contributed by atoms with van der Waals surface area (Å²) >= 11 is 3.00. The van der Waals surface area contributed by atoms with Crippen LogP contribution in [-0.4, -0.2) is 36.5 Å². The molecule has 0 saturated heterocycles. The number of anilines is 2. The monoisotopic (exact) mass is 418 g/mol. The number of ether oxygens (including phenoxy) is 1. The number of hydrogen-bond acceptors (Lipinski definition) is 7. The molecule has 0 aliphatic heterocycles. The van der Waals surface area contributed by atoms with E-state index < -0.39 is 5.91 Å². The van der Waals surface area contributed by atoms with Crippen LogP contribution < -0.4 is 20.7 Å². The molecule has 28 heavy (non-hydrogen) atoms. The Hall–Kier alpha value is -2.65. The molecule has 0 spiro atoms. The van der Waals surface area contributed by atoms with E-state index in [0.717, 1.165) is 27.8 Å². The van der Waals surface area contributed by atoms with Crippen molar-refractivity contribution in [2.45, 2.75) is 20.3 Å². The van der Waals surface area contributed by atoms with Gasteiger partial charge in [-0.25, -0.2) is 4.98 Å². The van der Waals surface area contributed by atoms with Crippen LogP contribution in [0.15, 0.2) is 30.3 Å². The van der Waals surface area contributed by atoms with Gasteiger partial charge in [-0.2, -0.15) is 0 Å². The summed E-state index contributed by atoms with van der Waals surface area (Å²) in [4.78, 5) is 31.6. The summed E-state index contributed by atoms with van der Waals surface area (Å²) in [6.45, 7) is 6.26. The van der Waals surface area contributed by atoms with Crippen molar-refractivity contribution in [1.29, 1.82) is 0 Å². The molecular weight excluding hydrogens is 396 g/mol. The zero-order chi connectivity index (χ0) is 20.1. The van der Waals surface area contributed by atoms with E-state index in [1.807, 2.05) is 6.07 Å². The van der Waals surface area contributed by atoms with E-state index in [-0.39, 0.29) is 18.9 Å². The first-order valence-corrected chi connectivity index (χ1v) is 10.6. The van der Waals surface area contributed by atoms with E-state index >= 15 is 0 Å². The Morgan fingerprint density at radius 1 is 1.18 bits per heavy atom. The van der Waals surface area contributed by atoms with Gasteiger partial charge < -0.3 is 20.7 Å². The SMILES string of the molecule is CCN(CC)c1nc2sc(C(=O)Nc3ccc(OCCC(N)=O)cc3)cc2s1. The number of thiazole rings is 1. The minimum absolute atomic E-state index is 0.165. The Morgan fingerprint density at radius 2 is 1.89 bits per heavy atom. The van der Waals surface area contributed by atoms with Gasteiger partial charge in [-0.1, -0.05) is 11.3 Å². The largest absolute Gasteiger partial charge is 0.493 e. The molecule has 0 aliphatic rings. The Morgan fingerprint density at radius 3 is 2.50 bits per heavy atom. The molecule has 2 aromatic heterocycles. The normalized spacial score (nSPS) is 10.8. The minimum Gasteiger partial charge on any atom is -0.493 e. The van der Waals surface area contributed by atoms with Crippen LogP contribution in [0.4, 0.5) is 10.8 Å². The van der Waals surface area contributed by atoms with Gasteiger partial charge in [-0.3, -0.25) is 9.59 Å². The van der Waals surface area contributed by atoms with Crippen molar-refractivity contribution in [2.75, 3.05) is 29.9 Å². The van der Waals surface area contributed by atoms with E-state index in [9.17, 15) is 9.59 Å². The maximum atomic E-state index is 12.5. The number of thiophene rings is 1. The number of nitrogens with one attached hydrogen (secondary N) is 1. The molecule has 0 bridgehead atoms. The standard InChI is InChI=1S/C19H22N4O3S2/c1-3-23(4-2)19-22-18-15(28-19)11-14(27-18)17(25)21-12-5-7-13(8-6-12)26-10-9-16(20)24/h5-8,11H,3-4,9-10H2,1-2H3,(H2,20,24)(H,21,25). The maximum absolute atomic E-state index is 12.5. The van der Waals surface area contributed by atoms with Crippen LogP contribution in [0.25, 0.3) is 9.53 Å². The summed E-state index contributed by atoms with van der Waals surface area (Å²) in [6, 6.07) is 8.87. The Kier molecular flexibility index (Phi) is 6.48. The molecule has 3 N–H and O–H groups in total. The lowest BCUT2D eigenvalue weighted by Crippen LogP contribution is -2.21. The van der Waals surface area contributed by atoms with E-state index in [1.54, 1.807) is 35.6 Å². The van der Waals surface area contributed by atoms with Crippen LogP contribution in [0.3, 0.4) is 0 Å². The van der Waals surface area contributed by atoms with Gasteiger partial charge in [0.05, 0.1) is 22.6 Å². The molecule has 0 fully saturated rings. The summed E-state index contributed by atoms with van der Waals surface area (Å²) in [6.07, 6.45) is 0.165. The first-order valence-electron chi connectivity index (χ1n) is 8.98. The lowest BCUT2D eigenvalue weighted by Gasteiger charge is -2.16. The third-order valence-electron chi connectivity index (χ3n) is 4.07. The molecule has 3 aromatic rings. The summed E-state index contributed by atoms with van der Waals surface area (Å²) in [5, 5.41) is 3.87. The van der Waals surface area contributed by atoms with Gasteiger partial charge in [0, 0.05) is 18.8 Å². The van der Waals surface area contributed by atoms with Crippen LogP contribution in [0, 0.1) is 0 Å². The van der Waals surface area contributed by atoms with Gasteiger partial charge in [0.2, 0.25) is 5.91 Å². The third-order valence-corrected chi connectivity index (χ3v) is 6.29. The molecule has 2 heterocycles. The van der Waals surface area contributed by atoms with Gasteiger partial charge in [0.1, 0.15) is 10.6 Å². The maximum Gasteiger partial charge on any atom is 0.265 e. The van der Waals surface area contributed by atoms with Crippen molar-refractivity contribution in [3.05, 3.63) is 35.2 Å². The minimum atomic E-state index is -0.404. The molecule has 9 heteroatoms. The number of aromatic nitrogens is 1. The molecular formula is C19H22N4O3S2. The third kappa shape index (κ3) is 4.79. The van der Waals surface area contributed by atoms with E-state index in [2.05, 4.69) is 29.0 Å². The van der Waals surface area contributed by atoms with Crippen LogP contribution in [0.2, 0.25) is 0 Å². The summed E-state index contributed by atoms with van der Waals surface area (Å²) in [5.74, 6) is 0.0458. The van der Waals surface area contributed by atoms with E-state index in [4.69, 9.17) is 10.5 Å².